The van der Waals surface area contributed by atoms with Crippen molar-refractivity contribution in [2.45, 2.75) is 13.5 Å². The zero-order valence-corrected chi connectivity index (χ0v) is 15.0. The van der Waals surface area contributed by atoms with Crippen molar-refractivity contribution in [1.29, 1.82) is 0 Å². The van der Waals surface area contributed by atoms with Crippen molar-refractivity contribution in [3.8, 4) is 5.75 Å². The zero-order valence-electron chi connectivity index (χ0n) is 10.4. The van der Waals surface area contributed by atoms with Gasteiger partial charge < -0.3 is 4.74 Å². The molecule has 2 aromatic rings. The van der Waals surface area contributed by atoms with Gasteiger partial charge in [0.15, 0.2) is 0 Å². The molecule has 0 unspecified atom stereocenters. The van der Waals surface area contributed by atoms with Gasteiger partial charge in [-0.3, -0.25) is 0 Å². The molecule has 0 bridgehead atoms. The van der Waals surface area contributed by atoms with Crippen molar-refractivity contribution in [2.24, 2.45) is 0 Å². The van der Waals surface area contributed by atoms with Crippen LogP contribution in [-0.4, -0.2) is 0 Å². The molecule has 96 valence electrons. The number of rotatable bonds is 3. The van der Waals surface area contributed by atoms with Crippen LogP contribution in [0.25, 0.3) is 0 Å². The first kappa shape index (κ1) is 16.3. The molecular weight excluding hydrogens is 367 g/mol. The van der Waals surface area contributed by atoms with E-state index in [1.807, 2.05) is 6.92 Å². The summed E-state index contributed by atoms with van der Waals surface area (Å²) in [6, 6.07) is 11.5. The molecule has 0 aliphatic rings. The minimum absolute atomic E-state index is 0.00699. The van der Waals surface area contributed by atoms with Crippen LogP contribution in [-0.2, 0) is 22.9 Å². The fraction of sp³-hybridized carbons (Fsp3) is 0.143. The van der Waals surface area contributed by atoms with Crippen LogP contribution >= 0.6 is 13.6 Å². The van der Waals surface area contributed by atoms with E-state index in [1.165, 1.54) is 16.3 Å². The Morgan fingerprint density at radius 1 is 1.21 bits per heavy atom. The van der Waals surface area contributed by atoms with Gasteiger partial charge in [-0.1, -0.05) is 6.92 Å². The van der Waals surface area contributed by atoms with Gasteiger partial charge in [0.25, 0.3) is 0 Å². The fourth-order valence-electron chi connectivity index (χ4n) is 1.46. The van der Waals surface area contributed by atoms with Crippen molar-refractivity contribution < 1.29 is 29.9 Å². The quantitative estimate of drug-likeness (QED) is 0.565. The number of hydrogen-bond acceptors (Lipinski definition) is 1. The molecule has 0 aromatic heterocycles. The molecule has 1 nitrogen and oxygen atoms in total. The Morgan fingerprint density at radius 3 is 2.63 bits per heavy atom. The van der Waals surface area contributed by atoms with Crippen LogP contribution in [0.15, 0.2) is 36.4 Å². The second-order valence-corrected chi connectivity index (χ2v) is 3.73. The number of ether oxygens (including phenoxy) is 1. The molecule has 0 heterocycles. The monoisotopic (exact) mass is 376 g/mol. The molecule has 19 heavy (non-hydrogen) atoms. The van der Waals surface area contributed by atoms with Gasteiger partial charge in [-0.05, 0) is 18.2 Å². The van der Waals surface area contributed by atoms with E-state index in [0.29, 0.717) is 5.75 Å². The summed E-state index contributed by atoms with van der Waals surface area (Å²) < 4.78 is 31.6. The third-order valence-corrected chi connectivity index (χ3v) is 2.32. The molecule has 0 saturated carbocycles. The van der Waals surface area contributed by atoms with Crippen molar-refractivity contribution in [2.75, 3.05) is 0 Å². The Kier molecular flexibility index (Phi) is 7.18. The summed E-state index contributed by atoms with van der Waals surface area (Å²) in [5.41, 5.74) is 1.14. The Morgan fingerprint density at radius 2 is 1.95 bits per heavy atom. The summed E-state index contributed by atoms with van der Waals surface area (Å²) in [4.78, 5) is 0. The van der Waals surface area contributed by atoms with Crippen molar-refractivity contribution in [3.05, 3.63) is 65.2 Å². The summed E-state index contributed by atoms with van der Waals surface area (Å²) in [6.45, 7) is 1.89. The molecular formula is C14H11BrF2OZn. The predicted octanol–water partition coefficient (Wildman–Crippen LogP) is 4.50. The third kappa shape index (κ3) is 5.37. The minimum atomic E-state index is -0.470. The number of benzene rings is 2. The first-order chi connectivity index (χ1) is 9.15. The molecule has 0 radical (unpaired) electrons. The molecule has 0 atom stereocenters. The Bertz CT molecular complexity index is 535. The van der Waals surface area contributed by atoms with E-state index in [-0.39, 0.29) is 12.2 Å². The Balaban J connectivity index is 0.000000861. The van der Waals surface area contributed by atoms with Gasteiger partial charge in [-0.25, -0.2) is 8.78 Å². The molecule has 0 aliphatic carbocycles. The van der Waals surface area contributed by atoms with E-state index in [0.717, 1.165) is 23.8 Å². The van der Waals surface area contributed by atoms with Crippen molar-refractivity contribution in [3.63, 3.8) is 0 Å². The summed E-state index contributed by atoms with van der Waals surface area (Å²) in [5.74, 6) is -0.321. The second kappa shape index (κ2) is 8.39. The van der Waals surface area contributed by atoms with Gasteiger partial charge in [0.1, 0.15) is 18.2 Å². The van der Waals surface area contributed by atoms with Crippen LogP contribution in [0.1, 0.15) is 11.1 Å². The van der Waals surface area contributed by atoms with Crippen LogP contribution in [0.3, 0.4) is 0 Å². The molecule has 0 amide bonds. The van der Waals surface area contributed by atoms with E-state index >= 15 is 0 Å². The predicted molar refractivity (Wildman–Crippen MR) is 69.6 cm³/mol. The molecule has 0 saturated heterocycles. The average Bonchev–Trinajstić information content (AvgIpc) is 2.42. The number of halogens is 3. The standard InChI is InChI=1S/C14H11F2O.BrH.Zn/c1-10-3-2-4-13(7-10)17-9-11-8-12(15)5-6-14(11)16;;/h2,4-8H,9H2,1H3;1H;/q-1;;+2/p-1. The first-order valence-corrected chi connectivity index (χ1v) is 12.4. The van der Waals surface area contributed by atoms with E-state index in [1.54, 1.807) is 18.2 Å². The fourth-order valence-corrected chi connectivity index (χ4v) is 1.46. The van der Waals surface area contributed by atoms with Crippen LogP contribution in [0.2, 0.25) is 0 Å². The molecule has 0 N–H and O–H groups in total. The van der Waals surface area contributed by atoms with E-state index in [2.05, 4.69) is 19.7 Å². The van der Waals surface area contributed by atoms with Crippen molar-refractivity contribution in [1.82, 2.24) is 0 Å². The molecule has 0 fully saturated rings. The summed E-state index contributed by atoms with van der Waals surface area (Å²) in [6.07, 6.45) is 0. The normalized spacial score (nSPS) is 9.58. The maximum absolute atomic E-state index is 13.3. The van der Waals surface area contributed by atoms with E-state index in [9.17, 15) is 8.78 Å². The average molecular weight is 379 g/mol. The van der Waals surface area contributed by atoms with Gasteiger partial charge in [0.2, 0.25) is 0 Å². The zero-order chi connectivity index (χ0) is 14.3. The van der Waals surface area contributed by atoms with Gasteiger partial charge in [-0.2, -0.15) is 17.7 Å². The topological polar surface area (TPSA) is 9.23 Å². The van der Waals surface area contributed by atoms with Crippen molar-refractivity contribution >= 4 is 13.6 Å². The van der Waals surface area contributed by atoms with Crippen LogP contribution in [0.4, 0.5) is 8.78 Å². The summed E-state index contributed by atoms with van der Waals surface area (Å²) >= 11 is 4.25. The number of hydrogen-bond donors (Lipinski definition) is 0. The van der Waals surface area contributed by atoms with Crippen LogP contribution in [0.5, 0.6) is 5.75 Å². The molecule has 2 rings (SSSR count). The van der Waals surface area contributed by atoms with Gasteiger partial charge >= 0.3 is 30.0 Å². The molecule has 2 aromatic carbocycles. The van der Waals surface area contributed by atoms with Gasteiger partial charge in [-0.15, -0.1) is 12.1 Å². The van der Waals surface area contributed by atoms with Gasteiger partial charge in [0, 0.05) is 11.3 Å². The van der Waals surface area contributed by atoms with Crippen LogP contribution < -0.4 is 4.74 Å². The molecule has 0 aliphatic heterocycles. The van der Waals surface area contributed by atoms with E-state index < -0.39 is 11.6 Å². The maximum atomic E-state index is 13.3. The third-order valence-electron chi connectivity index (χ3n) is 2.32. The Labute approximate surface area is 128 Å². The Hall–Kier alpha value is -0.797. The summed E-state index contributed by atoms with van der Waals surface area (Å²) in [7, 11) is 0. The first-order valence-electron chi connectivity index (χ1n) is 5.47. The number of aryl methyl sites for hydroxylation is 1. The van der Waals surface area contributed by atoms with E-state index in [4.69, 9.17) is 4.74 Å². The van der Waals surface area contributed by atoms with Gasteiger partial charge in [0.05, 0.1) is 0 Å². The molecule has 5 heteroatoms. The summed E-state index contributed by atoms with van der Waals surface area (Å²) in [5, 5.41) is 0. The molecule has 0 spiro atoms. The SMILES string of the molecule is Cc1[c-]ccc(OCc2cc(F)ccc2F)c1.[Zn+][Br]. The second-order valence-electron chi connectivity index (χ2n) is 3.73. The van der Waals surface area contributed by atoms with Crippen LogP contribution in [0, 0.1) is 24.6 Å².